The van der Waals surface area contributed by atoms with Gasteiger partial charge in [-0.05, 0) is 91.4 Å². The van der Waals surface area contributed by atoms with Crippen LogP contribution in [0.15, 0.2) is 22.7 Å². The standard InChI is InChI=1S/C17H26BrN3/c18-16-4-3-15(11-17(16)19)13-21-9-5-14(6-10-21)12-20-7-1-2-8-20/h3-4,11,14H,1-2,5-10,12-13,19H2. The number of rotatable bonds is 4. The van der Waals surface area contributed by atoms with E-state index in [-0.39, 0.29) is 0 Å². The van der Waals surface area contributed by atoms with Gasteiger partial charge in [-0.25, -0.2) is 0 Å². The molecule has 0 aliphatic carbocycles. The average molecular weight is 352 g/mol. The van der Waals surface area contributed by atoms with Crippen LogP contribution in [0.4, 0.5) is 5.69 Å². The Balaban J connectivity index is 1.45. The summed E-state index contributed by atoms with van der Waals surface area (Å²) in [7, 11) is 0. The van der Waals surface area contributed by atoms with Crippen LogP contribution in [0.5, 0.6) is 0 Å². The second kappa shape index (κ2) is 7.12. The average Bonchev–Trinajstić information content (AvgIpc) is 2.98. The Labute approximate surface area is 136 Å². The molecule has 2 saturated heterocycles. The van der Waals surface area contributed by atoms with E-state index in [0.717, 1.165) is 22.6 Å². The summed E-state index contributed by atoms with van der Waals surface area (Å²) in [5.74, 6) is 0.911. The number of nitrogens with two attached hydrogens (primary N) is 1. The Kier molecular flexibility index (Phi) is 5.19. The Morgan fingerprint density at radius 2 is 1.76 bits per heavy atom. The molecule has 0 unspecified atom stereocenters. The second-order valence-electron chi connectivity index (χ2n) is 6.58. The van der Waals surface area contributed by atoms with Crippen molar-refractivity contribution >= 4 is 21.6 Å². The number of hydrogen-bond acceptors (Lipinski definition) is 3. The van der Waals surface area contributed by atoms with Crippen LogP contribution in [0.2, 0.25) is 0 Å². The SMILES string of the molecule is Nc1cc(CN2CCC(CN3CCCC3)CC2)ccc1Br. The second-order valence-corrected chi connectivity index (χ2v) is 7.44. The van der Waals surface area contributed by atoms with Gasteiger partial charge in [-0.2, -0.15) is 0 Å². The number of halogens is 1. The van der Waals surface area contributed by atoms with Crippen molar-refractivity contribution in [3.05, 3.63) is 28.2 Å². The summed E-state index contributed by atoms with van der Waals surface area (Å²) < 4.78 is 0.996. The van der Waals surface area contributed by atoms with E-state index in [1.807, 2.05) is 0 Å². The Bertz CT molecular complexity index is 463. The monoisotopic (exact) mass is 351 g/mol. The zero-order chi connectivity index (χ0) is 14.7. The summed E-state index contributed by atoms with van der Waals surface area (Å²) in [6.07, 6.45) is 5.51. The molecule has 0 saturated carbocycles. The lowest BCUT2D eigenvalue weighted by molar-refractivity contribution is 0.149. The fraction of sp³-hybridized carbons (Fsp3) is 0.647. The van der Waals surface area contributed by atoms with Gasteiger partial charge in [-0.1, -0.05) is 6.07 Å². The van der Waals surface area contributed by atoms with Crippen molar-refractivity contribution in [3.63, 3.8) is 0 Å². The van der Waals surface area contributed by atoms with Crippen molar-refractivity contribution in [2.75, 3.05) is 38.5 Å². The minimum Gasteiger partial charge on any atom is -0.398 e. The van der Waals surface area contributed by atoms with E-state index in [0.29, 0.717) is 0 Å². The summed E-state index contributed by atoms with van der Waals surface area (Å²) in [5.41, 5.74) is 8.14. The summed E-state index contributed by atoms with van der Waals surface area (Å²) in [5, 5.41) is 0. The maximum Gasteiger partial charge on any atom is 0.0461 e. The number of hydrogen-bond donors (Lipinski definition) is 1. The predicted octanol–water partition coefficient (Wildman–Crippen LogP) is 3.34. The first-order valence-corrected chi connectivity index (χ1v) is 8.98. The molecule has 0 spiro atoms. The van der Waals surface area contributed by atoms with Gasteiger partial charge in [-0.3, -0.25) is 4.90 Å². The van der Waals surface area contributed by atoms with Gasteiger partial charge in [0.1, 0.15) is 0 Å². The van der Waals surface area contributed by atoms with Crippen molar-refractivity contribution in [1.29, 1.82) is 0 Å². The highest BCUT2D eigenvalue weighted by Gasteiger charge is 2.22. The van der Waals surface area contributed by atoms with E-state index < -0.39 is 0 Å². The Hall–Kier alpha value is -0.580. The summed E-state index contributed by atoms with van der Waals surface area (Å²) in [4.78, 5) is 5.24. The van der Waals surface area contributed by atoms with Gasteiger partial charge in [0.05, 0.1) is 0 Å². The van der Waals surface area contributed by atoms with Crippen LogP contribution in [-0.4, -0.2) is 42.5 Å². The molecule has 0 aromatic heterocycles. The van der Waals surface area contributed by atoms with Gasteiger partial charge in [0.2, 0.25) is 0 Å². The lowest BCUT2D eigenvalue weighted by Crippen LogP contribution is -2.37. The highest BCUT2D eigenvalue weighted by molar-refractivity contribution is 9.10. The third-order valence-electron chi connectivity index (χ3n) is 4.89. The fourth-order valence-corrected chi connectivity index (χ4v) is 3.85. The summed E-state index contributed by atoms with van der Waals surface area (Å²) in [6, 6.07) is 6.34. The third-order valence-corrected chi connectivity index (χ3v) is 5.61. The van der Waals surface area contributed by atoms with Crippen LogP contribution in [0, 0.1) is 5.92 Å². The molecule has 0 atom stereocenters. The van der Waals surface area contributed by atoms with Crippen molar-refractivity contribution in [2.24, 2.45) is 5.92 Å². The first-order chi connectivity index (χ1) is 10.2. The zero-order valence-corrected chi connectivity index (χ0v) is 14.3. The minimum absolute atomic E-state index is 0.844. The first kappa shape index (κ1) is 15.3. The van der Waals surface area contributed by atoms with Crippen LogP contribution in [0.25, 0.3) is 0 Å². The van der Waals surface area contributed by atoms with Gasteiger partial charge in [0, 0.05) is 23.2 Å². The number of piperidine rings is 1. The maximum absolute atomic E-state index is 5.97. The van der Waals surface area contributed by atoms with E-state index in [2.05, 4.69) is 43.9 Å². The number of nitrogen functional groups attached to an aromatic ring is 1. The highest BCUT2D eigenvalue weighted by atomic mass is 79.9. The van der Waals surface area contributed by atoms with Crippen LogP contribution < -0.4 is 5.73 Å². The van der Waals surface area contributed by atoms with Crippen molar-refractivity contribution < 1.29 is 0 Å². The fourth-order valence-electron chi connectivity index (χ4n) is 3.61. The zero-order valence-electron chi connectivity index (χ0n) is 12.7. The quantitative estimate of drug-likeness (QED) is 0.844. The number of likely N-dealkylation sites (tertiary alicyclic amines) is 2. The van der Waals surface area contributed by atoms with Crippen LogP contribution in [0.3, 0.4) is 0 Å². The predicted molar refractivity (Wildman–Crippen MR) is 92.2 cm³/mol. The Morgan fingerprint density at radius 3 is 2.43 bits per heavy atom. The molecule has 2 aliphatic heterocycles. The van der Waals surface area contributed by atoms with Gasteiger partial charge >= 0.3 is 0 Å². The molecule has 3 rings (SSSR count). The minimum atomic E-state index is 0.844. The molecular formula is C17H26BrN3. The molecule has 4 heteroatoms. The number of anilines is 1. The third kappa shape index (κ3) is 4.21. The van der Waals surface area contributed by atoms with E-state index in [1.54, 1.807) is 0 Å². The Morgan fingerprint density at radius 1 is 1.05 bits per heavy atom. The van der Waals surface area contributed by atoms with E-state index in [1.165, 1.54) is 64.0 Å². The smallest absolute Gasteiger partial charge is 0.0461 e. The van der Waals surface area contributed by atoms with Crippen LogP contribution in [-0.2, 0) is 6.54 Å². The highest BCUT2D eigenvalue weighted by Crippen LogP contribution is 2.24. The molecular weight excluding hydrogens is 326 g/mol. The largest absolute Gasteiger partial charge is 0.398 e. The van der Waals surface area contributed by atoms with Crippen LogP contribution in [0.1, 0.15) is 31.2 Å². The lowest BCUT2D eigenvalue weighted by Gasteiger charge is -2.34. The van der Waals surface area contributed by atoms with E-state index >= 15 is 0 Å². The van der Waals surface area contributed by atoms with E-state index in [4.69, 9.17) is 5.73 Å². The molecule has 0 radical (unpaired) electrons. The molecule has 2 fully saturated rings. The molecule has 0 amide bonds. The molecule has 2 aliphatic rings. The van der Waals surface area contributed by atoms with Gasteiger partial charge in [0.15, 0.2) is 0 Å². The molecule has 1 aromatic carbocycles. The molecule has 2 heterocycles. The van der Waals surface area contributed by atoms with Crippen molar-refractivity contribution in [3.8, 4) is 0 Å². The summed E-state index contributed by atoms with van der Waals surface area (Å²) >= 11 is 3.46. The van der Waals surface area contributed by atoms with E-state index in [9.17, 15) is 0 Å². The van der Waals surface area contributed by atoms with Gasteiger partial charge in [0.25, 0.3) is 0 Å². The molecule has 1 aromatic rings. The molecule has 21 heavy (non-hydrogen) atoms. The number of nitrogens with zero attached hydrogens (tertiary/aromatic N) is 2. The normalized spacial score (nSPS) is 22.0. The maximum atomic E-state index is 5.97. The molecule has 116 valence electrons. The molecule has 3 nitrogen and oxygen atoms in total. The first-order valence-electron chi connectivity index (χ1n) is 8.19. The van der Waals surface area contributed by atoms with Gasteiger partial charge in [-0.15, -0.1) is 0 Å². The van der Waals surface area contributed by atoms with Crippen molar-refractivity contribution in [1.82, 2.24) is 9.80 Å². The molecule has 0 bridgehead atoms. The lowest BCUT2D eigenvalue weighted by atomic mass is 9.96. The van der Waals surface area contributed by atoms with Gasteiger partial charge < -0.3 is 10.6 Å². The van der Waals surface area contributed by atoms with Crippen LogP contribution >= 0.6 is 15.9 Å². The van der Waals surface area contributed by atoms with Crippen molar-refractivity contribution in [2.45, 2.75) is 32.2 Å². The topological polar surface area (TPSA) is 32.5 Å². The molecule has 2 N–H and O–H groups in total. The number of benzene rings is 1. The summed E-state index contributed by atoms with van der Waals surface area (Å²) in [6.45, 7) is 7.49.